The molecule has 0 amide bonds. The molecule has 1 fully saturated rings. The van der Waals surface area contributed by atoms with Gasteiger partial charge in [0, 0.05) is 37.7 Å². The molecule has 5 heteroatoms. The van der Waals surface area contributed by atoms with Crippen LogP contribution in [0.3, 0.4) is 0 Å². The Morgan fingerprint density at radius 2 is 2.06 bits per heavy atom. The standard InChI is InChI=1S/C12H23ClO3Si/c1-3-14-17(9-7-5-4-6-8-13)15-10-12(2)11-16-17/h4,6,12H,3,5,7-11H2,1-2H3/b6-4+. The van der Waals surface area contributed by atoms with Gasteiger partial charge in [-0.1, -0.05) is 19.1 Å². The van der Waals surface area contributed by atoms with E-state index in [1.165, 1.54) is 0 Å². The summed E-state index contributed by atoms with van der Waals surface area (Å²) in [5, 5.41) is 0. The van der Waals surface area contributed by atoms with Crippen molar-refractivity contribution in [2.24, 2.45) is 5.92 Å². The molecule has 0 aromatic carbocycles. The van der Waals surface area contributed by atoms with Gasteiger partial charge >= 0.3 is 8.80 Å². The van der Waals surface area contributed by atoms with Crippen molar-refractivity contribution in [3.05, 3.63) is 12.2 Å². The minimum atomic E-state index is -2.35. The molecule has 17 heavy (non-hydrogen) atoms. The maximum absolute atomic E-state index is 5.87. The van der Waals surface area contributed by atoms with E-state index in [9.17, 15) is 0 Å². The predicted molar refractivity (Wildman–Crippen MR) is 72.3 cm³/mol. The van der Waals surface area contributed by atoms with Gasteiger partial charge in [-0.05, 0) is 19.8 Å². The molecule has 0 aromatic rings. The molecule has 1 aliphatic rings. The number of halogens is 1. The average Bonchev–Trinajstić information content (AvgIpc) is 2.33. The van der Waals surface area contributed by atoms with Gasteiger partial charge < -0.3 is 13.3 Å². The fourth-order valence-corrected chi connectivity index (χ4v) is 4.73. The Morgan fingerprint density at radius 1 is 1.35 bits per heavy atom. The third-order valence-corrected chi connectivity index (χ3v) is 5.73. The summed E-state index contributed by atoms with van der Waals surface area (Å²) in [7, 11) is -2.35. The third-order valence-electron chi connectivity index (χ3n) is 2.65. The first-order valence-corrected chi connectivity index (χ1v) is 8.82. The van der Waals surface area contributed by atoms with Crippen molar-refractivity contribution in [1.29, 1.82) is 0 Å². The topological polar surface area (TPSA) is 27.7 Å². The van der Waals surface area contributed by atoms with E-state index in [-0.39, 0.29) is 0 Å². The lowest BCUT2D eigenvalue weighted by molar-refractivity contribution is -0.00276. The Balaban J connectivity index is 2.34. The molecule has 1 aliphatic heterocycles. The average molecular weight is 279 g/mol. The predicted octanol–water partition coefficient (Wildman–Crippen LogP) is 3.22. The molecule has 0 spiro atoms. The van der Waals surface area contributed by atoms with Crippen LogP contribution in [0.1, 0.15) is 26.7 Å². The van der Waals surface area contributed by atoms with Crippen LogP contribution in [0.15, 0.2) is 12.2 Å². The van der Waals surface area contributed by atoms with Crippen LogP contribution in [-0.4, -0.2) is 34.5 Å². The number of rotatable bonds is 7. The molecule has 0 atom stereocenters. The third kappa shape index (κ3) is 5.53. The Labute approximate surface area is 110 Å². The monoisotopic (exact) mass is 278 g/mol. The van der Waals surface area contributed by atoms with Crippen LogP contribution in [0.2, 0.25) is 6.04 Å². The zero-order valence-corrected chi connectivity index (χ0v) is 12.5. The highest BCUT2D eigenvalue weighted by Crippen LogP contribution is 2.24. The van der Waals surface area contributed by atoms with Crippen molar-refractivity contribution >= 4 is 20.4 Å². The minimum absolute atomic E-state index is 0.479. The van der Waals surface area contributed by atoms with Gasteiger partial charge in [-0.25, -0.2) is 0 Å². The van der Waals surface area contributed by atoms with Crippen molar-refractivity contribution in [1.82, 2.24) is 0 Å². The second-order valence-corrected chi connectivity index (χ2v) is 7.40. The zero-order valence-electron chi connectivity index (χ0n) is 10.8. The summed E-state index contributed by atoms with van der Waals surface area (Å²) in [5.41, 5.74) is 0. The molecule has 0 saturated carbocycles. The van der Waals surface area contributed by atoms with Crippen molar-refractivity contribution in [2.75, 3.05) is 25.7 Å². The summed E-state index contributed by atoms with van der Waals surface area (Å²) in [6.07, 6.45) is 6.12. The molecule has 0 unspecified atom stereocenters. The van der Waals surface area contributed by atoms with Crippen molar-refractivity contribution in [3.8, 4) is 0 Å². The van der Waals surface area contributed by atoms with Gasteiger partial charge in [0.05, 0.1) is 0 Å². The molecule has 1 heterocycles. The first kappa shape index (κ1) is 15.2. The van der Waals surface area contributed by atoms with Gasteiger partial charge in [-0.3, -0.25) is 0 Å². The molecule has 3 nitrogen and oxygen atoms in total. The zero-order chi connectivity index (χ0) is 12.6. The van der Waals surface area contributed by atoms with Crippen LogP contribution in [0.4, 0.5) is 0 Å². The molecular formula is C12H23ClO3Si. The number of allylic oxidation sites excluding steroid dienone is 2. The van der Waals surface area contributed by atoms with Crippen LogP contribution in [0.25, 0.3) is 0 Å². The van der Waals surface area contributed by atoms with Crippen molar-refractivity contribution < 1.29 is 13.3 Å². The summed E-state index contributed by atoms with van der Waals surface area (Å²) in [6.45, 7) is 6.33. The number of unbranched alkanes of at least 4 members (excludes halogenated alkanes) is 1. The van der Waals surface area contributed by atoms with Gasteiger partial charge in [0.15, 0.2) is 0 Å². The van der Waals surface area contributed by atoms with E-state index in [0.717, 1.165) is 32.1 Å². The van der Waals surface area contributed by atoms with Gasteiger partial charge in [0.2, 0.25) is 0 Å². The highest BCUT2D eigenvalue weighted by molar-refractivity contribution is 6.60. The van der Waals surface area contributed by atoms with Crippen LogP contribution < -0.4 is 0 Å². The molecule has 0 radical (unpaired) electrons. The number of hydrogen-bond donors (Lipinski definition) is 0. The lowest BCUT2D eigenvalue weighted by atomic mass is 10.2. The molecule has 0 aromatic heterocycles. The summed E-state index contributed by atoms with van der Waals surface area (Å²) in [6, 6.07) is 0.903. The van der Waals surface area contributed by atoms with Gasteiger partial charge in [0.1, 0.15) is 0 Å². The minimum Gasteiger partial charge on any atom is -0.374 e. The molecule has 1 saturated heterocycles. The first-order valence-electron chi connectivity index (χ1n) is 6.35. The second-order valence-electron chi connectivity index (χ2n) is 4.36. The smallest absolute Gasteiger partial charge is 0.374 e. The normalized spacial score (nSPS) is 29.9. The summed E-state index contributed by atoms with van der Waals surface area (Å²) < 4.78 is 17.5. The lowest BCUT2D eigenvalue weighted by Crippen LogP contribution is -2.51. The number of hydrogen-bond acceptors (Lipinski definition) is 3. The number of alkyl halides is 1. The van der Waals surface area contributed by atoms with Crippen molar-refractivity contribution in [3.63, 3.8) is 0 Å². The Kier molecular flexibility index (Phi) is 7.39. The van der Waals surface area contributed by atoms with Crippen LogP contribution in [0.5, 0.6) is 0 Å². The van der Waals surface area contributed by atoms with E-state index in [1.54, 1.807) is 0 Å². The Hall–Kier alpha value is 0.127. The lowest BCUT2D eigenvalue weighted by Gasteiger charge is -2.35. The SMILES string of the molecule is CCO[Si]1(CCC/C=C/CCl)OCC(C)CO1. The van der Waals surface area contributed by atoms with Crippen LogP contribution >= 0.6 is 11.6 Å². The van der Waals surface area contributed by atoms with E-state index in [4.69, 9.17) is 24.9 Å². The summed E-state index contributed by atoms with van der Waals surface area (Å²) >= 11 is 5.57. The van der Waals surface area contributed by atoms with Crippen LogP contribution in [-0.2, 0) is 13.3 Å². The molecular weight excluding hydrogens is 256 g/mol. The van der Waals surface area contributed by atoms with E-state index >= 15 is 0 Å². The quantitative estimate of drug-likeness (QED) is 0.310. The fraction of sp³-hybridized carbons (Fsp3) is 0.833. The molecule has 0 N–H and O–H groups in total. The second kappa shape index (κ2) is 8.27. The maximum Gasteiger partial charge on any atom is 0.500 e. The maximum atomic E-state index is 5.87. The summed E-state index contributed by atoms with van der Waals surface area (Å²) in [4.78, 5) is 0. The molecule has 0 bridgehead atoms. The van der Waals surface area contributed by atoms with Crippen LogP contribution in [0, 0.1) is 5.92 Å². The van der Waals surface area contributed by atoms with Gasteiger partial charge in [0.25, 0.3) is 0 Å². The summed E-state index contributed by atoms with van der Waals surface area (Å²) in [5.74, 6) is 1.06. The largest absolute Gasteiger partial charge is 0.500 e. The fourth-order valence-electron chi connectivity index (χ4n) is 1.77. The van der Waals surface area contributed by atoms with E-state index in [1.807, 2.05) is 13.0 Å². The first-order chi connectivity index (χ1) is 8.22. The van der Waals surface area contributed by atoms with Crippen molar-refractivity contribution in [2.45, 2.75) is 32.7 Å². The Bertz CT molecular complexity index is 228. The molecule has 0 aliphatic carbocycles. The highest BCUT2D eigenvalue weighted by Gasteiger charge is 2.43. The van der Waals surface area contributed by atoms with E-state index in [0.29, 0.717) is 18.4 Å². The van der Waals surface area contributed by atoms with E-state index in [2.05, 4.69) is 13.0 Å². The Morgan fingerprint density at radius 3 is 2.65 bits per heavy atom. The van der Waals surface area contributed by atoms with Gasteiger partial charge in [-0.2, -0.15) is 0 Å². The van der Waals surface area contributed by atoms with Gasteiger partial charge in [-0.15, -0.1) is 11.6 Å². The molecule has 1 rings (SSSR count). The van der Waals surface area contributed by atoms with E-state index < -0.39 is 8.80 Å². The highest BCUT2D eigenvalue weighted by atomic mass is 35.5. The molecule has 100 valence electrons.